The van der Waals surface area contributed by atoms with Crippen molar-refractivity contribution in [1.82, 2.24) is 0 Å². The van der Waals surface area contributed by atoms with Crippen LogP contribution in [-0.2, 0) is 17.6 Å². The molecule has 0 fully saturated rings. The van der Waals surface area contributed by atoms with E-state index in [2.05, 4.69) is 13.2 Å². The van der Waals surface area contributed by atoms with Crippen molar-refractivity contribution >= 4 is 5.91 Å². The highest BCUT2D eigenvalue weighted by Gasteiger charge is 2.18. The van der Waals surface area contributed by atoms with Gasteiger partial charge in [0, 0.05) is 0 Å². The predicted octanol–water partition coefficient (Wildman–Crippen LogP) is 1.66. The number of nitrogens with two attached hydrogens (primary N) is 1. The SMILES string of the molecule is C=CCc1cccc(C(O)C(N)=O)c1CC=C. The number of rotatable bonds is 6. The fourth-order valence-corrected chi connectivity index (χ4v) is 1.80. The van der Waals surface area contributed by atoms with Gasteiger partial charge in [-0.15, -0.1) is 13.2 Å². The molecule has 0 spiro atoms. The van der Waals surface area contributed by atoms with E-state index < -0.39 is 12.0 Å². The lowest BCUT2D eigenvalue weighted by Gasteiger charge is -2.15. The lowest BCUT2D eigenvalue weighted by atomic mass is 9.93. The van der Waals surface area contributed by atoms with E-state index in [0.29, 0.717) is 18.4 Å². The highest BCUT2D eigenvalue weighted by molar-refractivity contribution is 5.80. The van der Waals surface area contributed by atoms with Gasteiger partial charge in [0.2, 0.25) is 0 Å². The van der Waals surface area contributed by atoms with E-state index in [9.17, 15) is 9.90 Å². The number of aliphatic hydroxyl groups excluding tert-OH is 1. The second-order valence-electron chi connectivity index (χ2n) is 3.78. The van der Waals surface area contributed by atoms with Crippen LogP contribution in [0.5, 0.6) is 0 Å². The molecule has 3 nitrogen and oxygen atoms in total. The monoisotopic (exact) mass is 231 g/mol. The molecule has 1 amide bonds. The van der Waals surface area contributed by atoms with Gasteiger partial charge in [-0.1, -0.05) is 30.4 Å². The Hall–Kier alpha value is -1.87. The Morgan fingerprint density at radius 2 is 2.00 bits per heavy atom. The van der Waals surface area contributed by atoms with Crippen LogP contribution in [0, 0.1) is 0 Å². The number of primary amides is 1. The van der Waals surface area contributed by atoms with Gasteiger partial charge in [0.15, 0.2) is 6.10 Å². The third-order valence-corrected chi connectivity index (χ3v) is 2.59. The molecule has 0 aromatic heterocycles. The summed E-state index contributed by atoms with van der Waals surface area (Å²) in [6.45, 7) is 7.37. The van der Waals surface area contributed by atoms with Crippen LogP contribution in [-0.4, -0.2) is 11.0 Å². The van der Waals surface area contributed by atoms with Gasteiger partial charge in [0.25, 0.3) is 5.91 Å². The van der Waals surface area contributed by atoms with Crippen LogP contribution in [0.1, 0.15) is 22.8 Å². The summed E-state index contributed by atoms with van der Waals surface area (Å²) in [5.41, 5.74) is 7.60. The van der Waals surface area contributed by atoms with E-state index in [1.165, 1.54) is 0 Å². The third-order valence-electron chi connectivity index (χ3n) is 2.59. The van der Waals surface area contributed by atoms with Crippen molar-refractivity contribution in [3.05, 3.63) is 60.2 Å². The molecule has 17 heavy (non-hydrogen) atoms. The summed E-state index contributed by atoms with van der Waals surface area (Å²) in [5.74, 6) is -0.744. The van der Waals surface area contributed by atoms with Gasteiger partial charge in [-0.05, 0) is 29.5 Å². The molecule has 1 atom stereocenters. The smallest absolute Gasteiger partial charge is 0.250 e. The molecule has 0 saturated heterocycles. The molecule has 1 unspecified atom stereocenters. The van der Waals surface area contributed by atoms with Crippen molar-refractivity contribution < 1.29 is 9.90 Å². The minimum absolute atomic E-state index is 0.553. The highest BCUT2D eigenvalue weighted by atomic mass is 16.3. The standard InChI is InChI=1S/C14H17NO2/c1-3-6-10-8-5-9-12(11(10)7-4-2)13(16)14(15)17/h3-5,8-9,13,16H,1-2,6-7H2,(H2,15,17). The van der Waals surface area contributed by atoms with E-state index in [1.54, 1.807) is 24.3 Å². The second kappa shape index (κ2) is 6.01. The molecular weight excluding hydrogens is 214 g/mol. The summed E-state index contributed by atoms with van der Waals surface area (Å²) < 4.78 is 0. The van der Waals surface area contributed by atoms with E-state index in [0.717, 1.165) is 11.1 Å². The molecule has 0 aliphatic heterocycles. The van der Waals surface area contributed by atoms with Gasteiger partial charge in [0.1, 0.15) is 0 Å². The third kappa shape index (κ3) is 3.04. The maximum absolute atomic E-state index is 11.1. The van der Waals surface area contributed by atoms with Crippen LogP contribution in [0.3, 0.4) is 0 Å². The first-order chi connectivity index (χ1) is 8.11. The quantitative estimate of drug-likeness (QED) is 0.731. The number of aliphatic hydroxyl groups is 1. The predicted molar refractivity (Wildman–Crippen MR) is 68.4 cm³/mol. The molecule has 3 heteroatoms. The summed E-state index contributed by atoms with van der Waals surface area (Å²) in [4.78, 5) is 11.1. The maximum Gasteiger partial charge on any atom is 0.250 e. The highest BCUT2D eigenvalue weighted by Crippen LogP contribution is 2.23. The molecular formula is C14H17NO2. The van der Waals surface area contributed by atoms with Crippen molar-refractivity contribution in [1.29, 1.82) is 0 Å². The molecule has 3 N–H and O–H groups in total. The molecule has 0 aliphatic rings. The van der Waals surface area contributed by atoms with Gasteiger partial charge in [-0.2, -0.15) is 0 Å². The Labute approximate surface area is 101 Å². The molecule has 0 aliphatic carbocycles. The molecule has 1 aromatic rings. The van der Waals surface area contributed by atoms with E-state index >= 15 is 0 Å². The largest absolute Gasteiger partial charge is 0.378 e. The Bertz CT molecular complexity index is 438. The molecule has 90 valence electrons. The average Bonchev–Trinajstić information content (AvgIpc) is 2.31. The Morgan fingerprint density at radius 3 is 2.53 bits per heavy atom. The van der Waals surface area contributed by atoms with E-state index in [-0.39, 0.29) is 0 Å². The van der Waals surface area contributed by atoms with Crippen molar-refractivity contribution in [2.75, 3.05) is 0 Å². The first-order valence-electron chi connectivity index (χ1n) is 5.41. The fourth-order valence-electron chi connectivity index (χ4n) is 1.80. The molecule has 0 saturated carbocycles. The molecule has 1 rings (SSSR count). The molecule has 0 heterocycles. The molecule has 0 bridgehead atoms. The first kappa shape index (κ1) is 13.2. The average molecular weight is 231 g/mol. The van der Waals surface area contributed by atoms with Crippen molar-refractivity contribution in [3.63, 3.8) is 0 Å². The number of carbonyl (C=O) groups is 1. The van der Waals surface area contributed by atoms with Gasteiger partial charge < -0.3 is 10.8 Å². The number of amides is 1. The van der Waals surface area contributed by atoms with Crippen molar-refractivity contribution in [2.24, 2.45) is 5.73 Å². The fraction of sp³-hybridized carbons (Fsp3) is 0.214. The summed E-state index contributed by atoms with van der Waals surface area (Å²) in [5, 5.41) is 9.76. The lowest BCUT2D eigenvalue weighted by molar-refractivity contribution is -0.126. The number of hydrogen-bond donors (Lipinski definition) is 2. The normalized spacial score (nSPS) is 11.8. The number of carbonyl (C=O) groups excluding carboxylic acids is 1. The summed E-state index contributed by atoms with van der Waals surface area (Å²) >= 11 is 0. The Morgan fingerprint density at radius 1 is 1.35 bits per heavy atom. The van der Waals surface area contributed by atoms with E-state index in [4.69, 9.17) is 5.73 Å². The topological polar surface area (TPSA) is 63.3 Å². The van der Waals surface area contributed by atoms with Gasteiger partial charge in [0.05, 0.1) is 0 Å². The minimum Gasteiger partial charge on any atom is -0.378 e. The maximum atomic E-state index is 11.1. The summed E-state index contributed by atoms with van der Waals surface area (Å²) in [6, 6.07) is 5.45. The zero-order valence-corrected chi connectivity index (χ0v) is 9.73. The van der Waals surface area contributed by atoms with Gasteiger partial charge >= 0.3 is 0 Å². The Balaban J connectivity index is 3.27. The molecule has 1 aromatic carbocycles. The summed E-state index contributed by atoms with van der Waals surface area (Å²) in [6.07, 6.45) is 3.52. The van der Waals surface area contributed by atoms with Crippen molar-refractivity contribution in [3.8, 4) is 0 Å². The van der Waals surface area contributed by atoms with Crippen LogP contribution in [0.4, 0.5) is 0 Å². The second-order valence-corrected chi connectivity index (χ2v) is 3.78. The van der Waals surface area contributed by atoms with Crippen LogP contribution in [0.25, 0.3) is 0 Å². The van der Waals surface area contributed by atoms with Crippen molar-refractivity contribution in [2.45, 2.75) is 18.9 Å². The number of benzene rings is 1. The van der Waals surface area contributed by atoms with Gasteiger partial charge in [-0.25, -0.2) is 0 Å². The summed E-state index contributed by atoms with van der Waals surface area (Å²) in [7, 11) is 0. The minimum atomic E-state index is -1.27. The zero-order chi connectivity index (χ0) is 12.8. The van der Waals surface area contributed by atoms with Gasteiger partial charge in [-0.3, -0.25) is 4.79 Å². The Kier molecular flexibility index (Phi) is 4.67. The van der Waals surface area contributed by atoms with Crippen LogP contribution in [0.2, 0.25) is 0 Å². The van der Waals surface area contributed by atoms with Crippen LogP contribution < -0.4 is 5.73 Å². The van der Waals surface area contributed by atoms with Crippen LogP contribution >= 0.6 is 0 Å². The number of hydrogen-bond acceptors (Lipinski definition) is 2. The van der Waals surface area contributed by atoms with Crippen LogP contribution in [0.15, 0.2) is 43.5 Å². The first-order valence-corrected chi connectivity index (χ1v) is 5.41. The van der Waals surface area contributed by atoms with E-state index in [1.807, 2.05) is 6.07 Å². The number of allylic oxidation sites excluding steroid dienone is 2. The lowest BCUT2D eigenvalue weighted by Crippen LogP contribution is -2.22. The zero-order valence-electron chi connectivity index (χ0n) is 9.73. The molecule has 0 radical (unpaired) electrons.